The molecule has 0 atom stereocenters. The number of guanidine groups is 2. The standard InChI is InChI=1S/C15H23N6.C7H8N.H2N.2Y/c16-12-6-8-13(9-7-12)20-15(18)21-14(17)19-10-11-4-2-1-3-5-11;8-6-7-4-2-1-3-5-7;;;/h1-5,12-13,16H,6-10H2,(H5,17,18,19,20,21);1-5,8H,6H2;1H2;;/q3*-1;;. The molecule has 1 aliphatic carbocycles. The second-order valence-electron chi connectivity index (χ2n) is 6.99. The van der Waals surface area contributed by atoms with Gasteiger partial charge in [0.2, 0.25) is 0 Å². The van der Waals surface area contributed by atoms with E-state index >= 15 is 0 Å². The maximum absolute atomic E-state index is 7.66. The predicted octanol–water partition coefficient (Wildman–Crippen LogP) is 4.72. The van der Waals surface area contributed by atoms with Crippen molar-refractivity contribution in [3.8, 4) is 0 Å². The van der Waals surface area contributed by atoms with E-state index in [4.69, 9.17) is 22.9 Å². The summed E-state index contributed by atoms with van der Waals surface area (Å²) in [7, 11) is 0. The molecule has 170 valence electrons. The molecule has 1 aliphatic rings. The fourth-order valence-corrected chi connectivity index (χ4v) is 2.96. The Labute approximate surface area is 242 Å². The molecular weight excluding hydrogens is 554 g/mol. The van der Waals surface area contributed by atoms with Crippen molar-refractivity contribution in [2.75, 3.05) is 0 Å². The quantitative estimate of drug-likeness (QED) is 0.348. The molecule has 0 saturated heterocycles. The number of aliphatic imine (C=N–C) groups is 2. The first-order valence-corrected chi connectivity index (χ1v) is 9.90. The van der Waals surface area contributed by atoms with Crippen LogP contribution in [0.5, 0.6) is 0 Å². The Morgan fingerprint density at radius 3 is 1.81 bits per heavy atom. The molecule has 0 aromatic heterocycles. The predicted molar refractivity (Wildman–Crippen MR) is 127 cm³/mol. The zero-order valence-corrected chi connectivity index (χ0v) is 24.1. The number of hydrogen-bond donors (Lipinski definition) is 3. The van der Waals surface area contributed by atoms with E-state index in [9.17, 15) is 0 Å². The number of rotatable bonds is 4. The minimum atomic E-state index is 0. The van der Waals surface area contributed by atoms with Crippen molar-refractivity contribution in [2.45, 2.75) is 50.9 Å². The van der Waals surface area contributed by atoms with Gasteiger partial charge in [0.1, 0.15) is 0 Å². The van der Waals surface area contributed by atoms with Gasteiger partial charge in [-0.3, -0.25) is 5.32 Å². The Morgan fingerprint density at radius 1 is 0.844 bits per heavy atom. The maximum atomic E-state index is 7.66. The van der Waals surface area contributed by atoms with Gasteiger partial charge >= 0.3 is 0 Å². The molecule has 8 nitrogen and oxygen atoms in total. The molecule has 1 saturated carbocycles. The summed E-state index contributed by atoms with van der Waals surface area (Å²) < 4.78 is 0. The van der Waals surface area contributed by atoms with Gasteiger partial charge in [-0.2, -0.15) is 0 Å². The van der Waals surface area contributed by atoms with Crippen LogP contribution in [0.15, 0.2) is 70.6 Å². The molecule has 32 heavy (non-hydrogen) atoms. The third kappa shape index (κ3) is 14.4. The third-order valence-electron chi connectivity index (χ3n) is 4.60. The average molecular weight is 587 g/mol. The van der Waals surface area contributed by atoms with Gasteiger partial charge in [-0.25, -0.2) is 9.98 Å². The molecule has 0 heterocycles. The second-order valence-corrected chi connectivity index (χ2v) is 6.99. The molecule has 0 bridgehead atoms. The minimum Gasteiger partial charge on any atom is -0.693 e. The van der Waals surface area contributed by atoms with Crippen LogP contribution in [0.4, 0.5) is 0 Å². The molecule has 2 radical (unpaired) electrons. The van der Waals surface area contributed by atoms with Crippen LogP contribution in [-0.4, -0.2) is 24.0 Å². The van der Waals surface area contributed by atoms with E-state index in [1.54, 1.807) is 0 Å². The Kier molecular flexibility index (Phi) is 20.6. The zero-order chi connectivity index (χ0) is 20.9. The Hall–Kier alpha value is -0.732. The summed E-state index contributed by atoms with van der Waals surface area (Å²) in [6.07, 6.45) is 3.60. The van der Waals surface area contributed by atoms with Crippen LogP contribution in [0, 0.1) is 0 Å². The fourth-order valence-electron chi connectivity index (χ4n) is 2.96. The number of hydrogen-bond acceptors (Lipinski definition) is 2. The van der Waals surface area contributed by atoms with Crippen LogP contribution in [0.2, 0.25) is 0 Å². The van der Waals surface area contributed by atoms with Crippen molar-refractivity contribution >= 4 is 11.9 Å². The summed E-state index contributed by atoms with van der Waals surface area (Å²) in [6, 6.07) is 19.9. The minimum absolute atomic E-state index is 0. The first kappa shape index (κ1) is 33.4. The van der Waals surface area contributed by atoms with Crippen LogP contribution in [0.25, 0.3) is 17.6 Å². The molecule has 0 spiro atoms. The van der Waals surface area contributed by atoms with Gasteiger partial charge in [0.25, 0.3) is 0 Å². The van der Waals surface area contributed by atoms with Gasteiger partial charge in [-0.15, -0.1) is 12.6 Å². The molecule has 10 heteroatoms. The summed E-state index contributed by atoms with van der Waals surface area (Å²) in [6.45, 7) is 0.901. The summed E-state index contributed by atoms with van der Waals surface area (Å²) in [5.41, 5.74) is 28.4. The molecule has 0 aliphatic heterocycles. The Balaban J connectivity index is 0. The van der Waals surface area contributed by atoms with Crippen molar-refractivity contribution in [1.29, 1.82) is 0 Å². The summed E-state index contributed by atoms with van der Waals surface area (Å²) in [5.74, 6) is 0.576. The van der Waals surface area contributed by atoms with Crippen molar-refractivity contribution in [2.24, 2.45) is 21.5 Å². The largest absolute Gasteiger partial charge is 0.693 e. The molecule has 1 fully saturated rings. The SMILES string of the molecule is [NH-]C1CCC(N=C(N)NC(N)=NCc2ccccc2)CC1.[NH-]Cc1ccccc1.[NH2-].[Y].[Y]. The van der Waals surface area contributed by atoms with E-state index in [1.807, 2.05) is 60.7 Å². The van der Waals surface area contributed by atoms with E-state index in [0.29, 0.717) is 19.0 Å². The molecule has 3 rings (SSSR count). The van der Waals surface area contributed by atoms with Gasteiger partial charge in [0.05, 0.1) is 12.6 Å². The summed E-state index contributed by atoms with van der Waals surface area (Å²) in [5, 5.41) is 2.82. The van der Waals surface area contributed by atoms with E-state index in [1.165, 1.54) is 0 Å². The number of nitrogens with zero attached hydrogens (tertiary/aromatic N) is 2. The summed E-state index contributed by atoms with van der Waals surface area (Å²) >= 11 is 0. The normalized spacial score (nSPS) is 17.9. The van der Waals surface area contributed by atoms with Crippen LogP contribution in [-0.2, 0) is 78.5 Å². The van der Waals surface area contributed by atoms with Crippen LogP contribution >= 0.6 is 0 Å². The molecular formula is C22H33N8Y2-3. The second kappa shape index (κ2) is 19.7. The van der Waals surface area contributed by atoms with Crippen LogP contribution < -0.4 is 16.8 Å². The Bertz CT molecular complexity index is 764. The number of benzene rings is 2. The molecule has 2 aromatic carbocycles. The molecule has 9 N–H and O–H groups in total. The van der Waals surface area contributed by atoms with E-state index in [2.05, 4.69) is 15.3 Å². The van der Waals surface area contributed by atoms with Crippen LogP contribution in [0.1, 0.15) is 36.8 Å². The Morgan fingerprint density at radius 2 is 1.34 bits per heavy atom. The molecule has 0 unspecified atom stereocenters. The number of nitrogens with one attached hydrogen (secondary N) is 3. The van der Waals surface area contributed by atoms with Gasteiger partial charge < -0.3 is 29.1 Å². The van der Waals surface area contributed by atoms with Gasteiger partial charge in [-0.05, 0) is 18.4 Å². The first-order valence-electron chi connectivity index (χ1n) is 9.90. The average Bonchev–Trinajstić information content (AvgIpc) is 2.75. The maximum Gasteiger partial charge on any atom is 0.195 e. The number of nitrogens with two attached hydrogens (primary N) is 3. The smallest absolute Gasteiger partial charge is 0.195 e. The van der Waals surface area contributed by atoms with Crippen LogP contribution in [0.3, 0.4) is 0 Å². The van der Waals surface area contributed by atoms with E-state index in [-0.39, 0.29) is 89.6 Å². The van der Waals surface area contributed by atoms with Gasteiger partial charge in [0, 0.05) is 65.4 Å². The molecule has 0 amide bonds. The van der Waals surface area contributed by atoms with Crippen molar-refractivity contribution < 1.29 is 65.4 Å². The first-order chi connectivity index (χ1) is 14.1. The van der Waals surface area contributed by atoms with Crippen molar-refractivity contribution in [1.82, 2.24) is 5.32 Å². The zero-order valence-electron chi connectivity index (χ0n) is 18.5. The summed E-state index contributed by atoms with van der Waals surface area (Å²) in [4.78, 5) is 8.64. The van der Waals surface area contributed by atoms with Crippen molar-refractivity contribution in [3.63, 3.8) is 0 Å². The van der Waals surface area contributed by atoms with E-state index < -0.39 is 0 Å². The van der Waals surface area contributed by atoms with Crippen molar-refractivity contribution in [3.05, 3.63) is 89.4 Å². The van der Waals surface area contributed by atoms with Gasteiger partial charge in [0.15, 0.2) is 11.9 Å². The third-order valence-corrected chi connectivity index (χ3v) is 4.60. The monoisotopic (exact) mass is 587 g/mol. The fraction of sp³-hybridized carbons (Fsp3) is 0.364. The topological polar surface area (TPSA) is 170 Å². The van der Waals surface area contributed by atoms with E-state index in [0.717, 1.165) is 36.8 Å². The van der Waals surface area contributed by atoms with Gasteiger partial charge in [-0.1, -0.05) is 79.1 Å². The molecule has 2 aromatic rings.